The molecule has 0 saturated carbocycles. The molecule has 0 atom stereocenters. The first-order chi connectivity index (χ1) is 6.24. The minimum atomic E-state index is 0.0541. The van der Waals surface area contributed by atoms with Crippen molar-refractivity contribution >= 4 is 11.0 Å². The van der Waals surface area contributed by atoms with Gasteiger partial charge in [-0.15, -0.1) is 0 Å². The van der Waals surface area contributed by atoms with Gasteiger partial charge in [0.25, 0.3) is 0 Å². The Bertz CT molecular complexity index is 447. The van der Waals surface area contributed by atoms with E-state index in [2.05, 4.69) is 21.9 Å². The second kappa shape index (κ2) is 2.73. The first-order valence-electron chi connectivity index (χ1n) is 4.25. The lowest BCUT2D eigenvalue weighted by atomic mass is 10.2. The Morgan fingerprint density at radius 3 is 2.85 bits per heavy atom. The molecular formula is C9H11N3O. The molecule has 4 nitrogen and oxygen atoms in total. The van der Waals surface area contributed by atoms with Crippen LogP contribution in [0.2, 0.25) is 0 Å². The second-order valence-corrected chi connectivity index (χ2v) is 3.00. The van der Waals surface area contributed by atoms with Gasteiger partial charge in [0.15, 0.2) is 0 Å². The number of H-pyrrole nitrogens is 1. The summed E-state index contributed by atoms with van der Waals surface area (Å²) in [4.78, 5) is 10.9. The monoisotopic (exact) mass is 177 g/mol. The van der Waals surface area contributed by atoms with E-state index in [-0.39, 0.29) is 5.88 Å². The molecule has 2 heterocycles. The number of nitrogens with one attached hydrogen (secondary N) is 1. The summed E-state index contributed by atoms with van der Waals surface area (Å²) in [5.74, 6) is 0.0541. The van der Waals surface area contributed by atoms with E-state index < -0.39 is 0 Å². The fraction of sp³-hybridized carbons (Fsp3) is 0.333. The third-order valence-electron chi connectivity index (χ3n) is 2.28. The standard InChI is InChI=1S/C9H11N3O/c1-3-6-5(2)7-8(12-6)10-4-11-9(7)13/h4H,3H2,1-2H3,(H2,10,11,12,13). The highest BCUT2D eigenvalue weighted by Gasteiger charge is 2.10. The van der Waals surface area contributed by atoms with Gasteiger partial charge in [0, 0.05) is 5.69 Å². The Morgan fingerprint density at radius 1 is 1.46 bits per heavy atom. The van der Waals surface area contributed by atoms with Crippen LogP contribution in [0, 0.1) is 6.92 Å². The maximum absolute atomic E-state index is 9.49. The average molecular weight is 177 g/mol. The van der Waals surface area contributed by atoms with Crippen LogP contribution >= 0.6 is 0 Å². The van der Waals surface area contributed by atoms with E-state index in [1.54, 1.807) is 0 Å². The number of aromatic amines is 1. The maximum atomic E-state index is 9.49. The van der Waals surface area contributed by atoms with Crippen molar-refractivity contribution in [1.29, 1.82) is 0 Å². The summed E-state index contributed by atoms with van der Waals surface area (Å²) < 4.78 is 0. The normalized spacial score (nSPS) is 10.9. The summed E-state index contributed by atoms with van der Waals surface area (Å²) in [5.41, 5.74) is 2.85. The molecule has 0 saturated heterocycles. The molecule has 0 aliphatic rings. The number of hydrogen-bond donors (Lipinski definition) is 2. The van der Waals surface area contributed by atoms with Gasteiger partial charge in [-0.2, -0.15) is 0 Å². The zero-order valence-electron chi connectivity index (χ0n) is 7.63. The van der Waals surface area contributed by atoms with Crippen molar-refractivity contribution in [3.05, 3.63) is 17.6 Å². The van der Waals surface area contributed by atoms with Crippen molar-refractivity contribution in [3.63, 3.8) is 0 Å². The van der Waals surface area contributed by atoms with Crippen LogP contribution in [-0.4, -0.2) is 20.1 Å². The molecule has 2 aromatic rings. The van der Waals surface area contributed by atoms with Crippen LogP contribution in [0.15, 0.2) is 6.33 Å². The zero-order chi connectivity index (χ0) is 9.42. The first-order valence-corrected chi connectivity index (χ1v) is 4.25. The Morgan fingerprint density at radius 2 is 2.23 bits per heavy atom. The molecule has 2 N–H and O–H groups in total. The Balaban J connectivity index is 2.85. The van der Waals surface area contributed by atoms with E-state index in [0.717, 1.165) is 23.1 Å². The van der Waals surface area contributed by atoms with Crippen LogP contribution < -0.4 is 0 Å². The number of fused-ring (bicyclic) bond motifs is 1. The summed E-state index contributed by atoms with van der Waals surface area (Å²) in [7, 11) is 0. The lowest BCUT2D eigenvalue weighted by Crippen LogP contribution is -1.81. The molecule has 2 rings (SSSR count). The molecule has 0 amide bonds. The van der Waals surface area contributed by atoms with Gasteiger partial charge in [-0.1, -0.05) is 6.92 Å². The van der Waals surface area contributed by atoms with Crippen LogP contribution in [-0.2, 0) is 6.42 Å². The maximum Gasteiger partial charge on any atom is 0.223 e. The number of aromatic hydroxyl groups is 1. The SMILES string of the molecule is CCc1[nH]c2ncnc(O)c2c1C. The summed E-state index contributed by atoms with van der Waals surface area (Å²) in [5, 5.41) is 10.2. The van der Waals surface area contributed by atoms with Gasteiger partial charge in [-0.25, -0.2) is 9.97 Å². The molecule has 4 heteroatoms. The van der Waals surface area contributed by atoms with Gasteiger partial charge >= 0.3 is 0 Å². The van der Waals surface area contributed by atoms with E-state index in [9.17, 15) is 5.11 Å². The fourth-order valence-corrected chi connectivity index (χ4v) is 1.56. The van der Waals surface area contributed by atoms with E-state index in [4.69, 9.17) is 0 Å². The van der Waals surface area contributed by atoms with E-state index in [1.165, 1.54) is 6.33 Å². The molecule has 0 bridgehead atoms. The lowest BCUT2D eigenvalue weighted by Gasteiger charge is -1.93. The van der Waals surface area contributed by atoms with Gasteiger partial charge in [-0.05, 0) is 18.9 Å². The third-order valence-corrected chi connectivity index (χ3v) is 2.28. The Labute approximate surface area is 75.7 Å². The molecule has 68 valence electrons. The fourth-order valence-electron chi connectivity index (χ4n) is 1.56. The van der Waals surface area contributed by atoms with Crippen LogP contribution in [0.25, 0.3) is 11.0 Å². The van der Waals surface area contributed by atoms with Gasteiger partial charge < -0.3 is 10.1 Å². The molecule has 0 fully saturated rings. The van der Waals surface area contributed by atoms with Gasteiger partial charge in [0.2, 0.25) is 5.88 Å². The number of rotatable bonds is 1. The molecule has 13 heavy (non-hydrogen) atoms. The molecule has 2 aromatic heterocycles. The topological polar surface area (TPSA) is 61.8 Å². The summed E-state index contributed by atoms with van der Waals surface area (Å²) >= 11 is 0. The van der Waals surface area contributed by atoms with Crippen LogP contribution in [0.1, 0.15) is 18.2 Å². The summed E-state index contributed by atoms with van der Waals surface area (Å²) in [6.07, 6.45) is 2.26. The molecule has 0 aliphatic carbocycles. The van der Waals surface area contributed by atoms with Crippen molar-refractivity contribution in [1.82, 2.24) is 15.0 Å². The van der Waals surface area contributed by atoms with Crippen LogP contribution in [0.5, 0.6) is 5.88 Å². The number of aryl methyl sites for hydroxylation is 2. The Hall–Kier alpha value is -1.58. The lowest BCUT2D eigenvalue weighted by molar-refractivity contribution is 0.459. The summed E-state index contributed by atoms with van der Waals surface area (Å²) in [6.45, 7) is 4.02. The largest absolute Gasteiger partial charge is 0.493 e. The van der Waals surface area contributed by atoms with Crippen molar-refractivity contribution in [3.8, 4) is 5.88 Å². The zero-order valence-corrected chi connectivity index (χ0v) is 7.63. The van der Waals surface area contributed by atoms with E-state index in [0.29, 0.717) is 5.65 Å². The average Bonchev–Trinajstić information content (AvgIpc) is 2.44. The van der Waals surface area contributed by atoms with Gasteiger partial charge in [0.05, 0.1) is 5.39 Å². The number of nitrogens with zero attached hydrogens (tertiary/aromatic N) is 2. The van der Waals surface area contributed by atoms with Crippen LogP contribution in [0.3, 0.4) is 0 Å². The van der Waals surface area contributed by atoms with E-state index >= 15 is 0 Å². The second-order valence-electron chi connectivity index (χ2n) is 3.00. The molecule has 0 radical (unpaired) electrons. The van der Waals surface area contributed by atoms with E-state index in [1.807, 2.05) is 6.92 Å². The minimum Gasteiger partial charge on any atom is -0.493 e. The number of hydrogen-bond acceptors (Lipinski definition) is 3. The predicted molar refractivity (Wildman–Crippen MR) is 49.7 cm³/mol. The van der Waals surface area contributed by atoms with Crippen molar-refractivity contribution in [2.45, 2.75) is 20.3 Å². The predicted octanol–water partition coefficient (Wildman–Crippen LogP) is 1.53. The first kappa shape index (κ1) is 8.04. The molecule has 0 aromatic carbocycles. The van der Waals surface area contributed by atoms with Crippen molar-refractivity contribution < 1.29 is 5.11 Å². The van der Waals surface area contributed by atoms with Gasteiger partial charge in [0.1, 0.15) is 12.0 Å². The quantitative estimate of drug-likeness (QED) is 0.694. The van der Waals surface area contributed by atoms with Crippen molar-refractivity contribution in [2.24, 2.45) is 0 Å². The minimum absolute atomic E-state index is 0.0541. The molecule has 0 spiro atoms. The highest BCUT2D eigenvalue weighted by Crippen LogP contribution is 2.26. The van der Waals surface area contributed by atoms with Crippen molar-refractivity contribution in [2.75, 3.05) is 0 Å². The molecular weight excluding hydrogens is 166 g/mol. The summed E-state index contributed by atoms with van der Waals surface area (Å²) in [6, 6.07) is 0. The third kappa shape index (κ3) is 1.06. The van der Waals surface area contributed by atoms with Crippen LogP contribution in [0.4, 0.5) is 0 Å². The highest BCUT2D eigenvalue weighted by atomic mass is 16.3. The highest BCUT2D eigenvalue weighted by molar-refractivity contribution is 5.85. The smallest absolute Gasteiger partial charge is 0.223 e. The number of aromatic nitrogens is 3. The Kier molecular flexibility index (Phi) is 1.69. The van der Waals surface area contributed by atoms with Gasteiger partial charge in [-0.3, -0.25) is 0 Å². The molecule has 0 unspecified atom stereocenters. The molecule has 0 aliphatic heterocycles.